The van der Waals surface area contributed by atoms with Crippen LogP contribution in [0.15, 0.2) is 30.3 Å². The van der Waals surface area contributed by atoms with Gasteiger partial charge in [0.05, 0.1) is 30.0 Å². The third-order valence-corrected chi connectivity index (χ3v) is 4.76. The number of ether oxygens (including phenoxy) is 1. The molecule has 0 aromatic heterocycles. The standard InChI is InChI=1S/C19H20F3N3O2/c1-11-3-6-15(14(21)7-11)24-17-12(4-5-13(20)16(17)22)18(26)25-9-19(8-23,10-25)27-2/h3-7,24H,8-10,23H2,1-2H3. The van der Waals surface area contributed by atoms with E-state index >= 15 is 0 Å². The van der Waals surface area contributed by atoms with Crippen LogP contribution in [0.25, 0.3) is 0 Å². The van der Waals surface area contributed by atoms with Crippen LogP contribution in [0.1, 0.15) is 15.9 Å². The lowest BCUT2D eigenvalue weighted by atomic mass is 9.92. The minimum atomic E-state index is -1.25. The Kier molecular flexibility index (Phi) is 5.12. The van der Waals surface area contributed by atoms with Crippen molar-refractivity contribution < 1.29 is 22.7 Å². The van der Waals surface area contributed by atoms with Crippen LogP contribution < -0.4 is 11.1 Å². The molecule has 0 unspecified atom stereocenters. The number of halogens is 3. The van der Waals surface area contributed by atoms with Crippen molar-refractivity contribution in [2.24, 2.45) is 5.73 Å². The fraction of sp³-hybridized carbons (Fsp3) is 0.316. The van der Waals surface area contributed by atoms with Crippen LogP contribution >= 0.6 is 0 Å². The van der Waals surface area contributed by atoms with Crippen molar-refractivity contribution in [3.8, 4) is 0 Å². The zero-order valence-corrected chi connectivity index (χ0v) is 15.0. The molecule has 2 aromatic rings. The highest BCUT2D eigenvalue weighted by Gasteiger charge is 2.45. The molecule has 0 aliphatic carbocycles. The Morgan fingerprint density at radius 2 is 1.93 bits per heavy atom. The second-order valence-corrected chi connectivity index (χ2v) is 6.64. The summed E-state index contributed by atoms with van der Waals surface area (Å²) in [5.74, 6) is -3.55. The number of benzene rings is 2. The number of nitrogens with two attached hydrogens (primary N) is 1. The number of carbonyl (C=O) groups is 1. The summed E-state index contributed by atoms with van der Waals surface area (Å²) in [6.45, 7) is 2.39. The summed E-state index contributed by atoms with van der Waals surface area (Å²) in [4.78, 5) is 14.2. The van der Waals surface area contributed by atoms with Gasteiger partial charge in [-0.3, -0.25) is 4.79 Å². The summed E-state index contributed by atoms with van der Waals surface area (Å²) in [6.07, 6.45) is 0. The van der Waals surface area contributed by atoms with E-state index in [4.69, 9.17) is 10.5 Å². The number of hydrogen-bond donors (Lipinski definition) is 2. The highest BCUT2D eigenvalue weighted by Crippen LogP contribution is 2.32. The molecule has 1 heterocycles. The zero-order chi connectivity index (χ0) is 19.8. The number of rotatable bonds is 5. The minimum Gasteiger partial charge on any atom is -0.373 e. The van der Waals surface area contributed by atoms with Crippen molar-refractivity contribution in [1.29, 1.82) is 0 Å². The molecule has 1 saturated heterocycles. The van der Waals surface area contributed by atoms with Gasteiger partial charge >= 0.3 is 0 Å². The summed E-state index contributed by atoms with van der Waals surface area (Å²) in [6, 6.07) is 6.31. The molecule has 8 heteroatoms. The van der Waals surface area contributed by atoms with Gasteiger partial charge in [0.2, 0.25) is 0 Å². The molecule has 27 heavy (non-hydrogen) atoms. The van der Waals surface area contributed by atoms with Gasteiger partial charge in [0.1, 0.15) is 11.4 Å². The van der Waals surface area contributed by atoms with E-state index in [-0.39, 0.29) is 30.9 Å². The smallest absolute Gasteiger partial charge is 0.256 e. The average molecular weight is 379 g/mol. The largest absolute Gasteiger partial charge is 0.373 e. The molecule has 1 amide bonds. The Bertz CT molecular complexity index is 877. The number of nitrogens with one attached hydrogen (secondary N) is 1. The monoisotopic (exact) mass is 379 g/mol. The topological polar surface area (TPSA) is 67.6 Å². The van der Waals surface area contributed by atoms with Crippen LogP contribution in [0.4, 0.5) is 24.5 Å². The van der Waals surface area contributed by atoms with Crippen molar-refractivity contribution in [3.63, 3.8) is 0 Å². The average Bonchev–Trinajstić information content (AvgIpc) is 2.61. The molecular weight excluding hydrogens is 359 g/mol. The first-order valence-electron chi connectivity index (χ1n) is 8.36. The Morgan fingerprint density at radius 1 is 1.22 bits per heavy atom. The van der Waals surface area contributed by atoms with Gasteiger partial charge in [-0.1, -0.05) is 6.07 Å². The lowest BCUT2D eigenvalue weighted by molar-refractivity contribution is -0.101. The zero-order valence-electron chi connectivity index (χ0n) is 15.0. The van der Waals surface area contributed by atoms with Crippen molar-refractivity contribution in [3.05, 3.63) is 58.9 Å². The maximum absolute atomic E-state index is 14.4. The van der Waals surface area contributed by atoms with E-state index in [2.05, 4.69) is 5.32 Å². The molecule has 1 aliphatic heterocycles. The van der Waals surface area contributed by atoms with E-state index in [1.165, 1.54) is 30.2 Å². The van der Waals surface area contributed by atoms with Gasteiger partial charge in [-0.05, 0) is 36.8 Å². The minimum absolute atomic E-state index is 0.0593. The number of likely N-dealkylation sites (tertiary alicyclic amines) is 1. The molecule has 2 aromatic carbocycles. The van der Waals surface area contributed by atoms with Crippen LogP contribution in [0.5, 0.6) is 0 Å². The number of aryl methyl sites for hydroxylation is 1. The fourth-order valence-electron chi connectivity index (χ4n) is 3.01. The Morgan fingerprint density at radius 3 is 2.52 bits per heavy atom. The van der Waals surface area contributed by atoms with Crippen LogP contribution in [0.3, 0.4) is 0 Å². The van der Waals surface area contributed by atoms with Gasteiger partial charge in [0, 0.05) is 13.7 Å². The summed E-state index contributed by atoms with van der Waals surface area (Å²) in [7, 11) is 1.50. The molecule has 3 rings (SSSR count). The van der Waals surface area contributed by atoms with Crippen LogP contribution in [0.2, 0.25) is 0 Å². The SMILES string of the molecule is COC1(CN)CN(C(=O)c2ccc(F)c(F)c2Nc2ccc(C)cc2F)C1. The molecule has 0 saturated carbocycles. The highest BCUT2D eigenvalue weighted by molar-refractivity contribution is 6.01. The van der Waals surface area contributed by atoms with Gasteiger partial charge in [0.25, 0.3) is 5.91 Å². The molecule has 144 valence electrons. The van der Waals surface area contributed by atoms with E-state index in [9.17, 15) is 18.0 Å². The summed E-state index contributed by atoms with van der Waals surface area (Å²) in [5, 5.41) is 2.52. The highest BCUT2D eigenvalue weighted by atomic mass is 19.2. The Hall–Kier alpha value is -2.58. The molecule has 0 spiro atoms. The molecule has 0 atom stereocenters. The number of nitrogens with zero attached hydrogens (tertiary/aromatic N) is 1. The van der Waals surface area contributed by atoms with Crippen molar-refractivity contribution >= 4 is 17.3 Å². The van der Waals surface area contributed by atoms with E-state index in [0.717, 1.165) is 6.07 Å². The van der Waals surface area contributed by atoms with Crippen LogP contribution in [-0.4, -0.2) is 43.2 Å². The lowest BCUT2D eigenvalue weighted by Crippen LogP contribution is -2.67. The molecule has 1 aliphatic rings. The fourth-order valence-corrected chi connectivity index (χ4v) is 3.01. The van der Waals surface area contributed by atoms with Gasteiger partial charge in [-0.15, -0.1) is 0 Å². The molecule has 1 fully saturated rings. The molecule has 0 bridgehead atoms. The normalized spacial score (nSPS) is 15.4. The second-order valence-electron chi connectivity index (χ2n) is 6.64. The lowest BCUT2D eigenvalue weighted by Gasteiger charge is -2.48. The number of anilines is 2. The maximum Gasteiger partial charge on any atom is 0.256 e. The summed E-state index contributed by atoms with van der Waals surface area (Å²) >= 11 is 0. The first kappa shape index (κ1) is 19.2. The van der Waals surface area contributed by atoms with Crippen molar-refractivity contribution in [2.45, 2.75) is 12.5 Å². The van der Waals surface area contributed by atoms with Gasteiger partial charge in [-0.2, -0.15) is 0 Å². The number of amides is 1. The van der Waals surface area contributed by atoms with E-state index in [1.54, 1.807) is 13.0 Å². The van der Waals surface area contributed by atoms with Crippen molar-refractivity contribution in [2.75, 3.05) is 32.1 Å². The predicted molar refractivity (Wildman–Crippen MR) is 95.5 cm³/mol. The van der Waals surface area contributed by atoms with Crippen molar-refractivity contribution in [1.82, 2.24) is 4.90 Å². The molecular formula is C19H20F3N3O2. The van der Waals surface area contributed by atoms with E-state index in [0.29, 0.717) is 5.56 Å². The Labute approximate surface area is 154 Å². The van der Waals surface area contributed by atoms with E-state index in [1.807, 2.05) is 0 Å². The van der Waals surface area contributed by atoms with Crippen LogP contribution in [0, 0.1) is 24.4 Å². The first-order valence-corrected chi connectivity index (χ1v) is 8.36. The van der Waals surface area contributed by atoms with E-state index < -0.39 is 34.6 Å². The number of methoxy groups -OCH3 is 1. The second kappa shape index (κ2) is 7.21. The molecule has 0 radical (unpaired) electrons. The molecule has 3 N–H and O–H groups in total. The number of carbonyl (C=O) groups excluding carboxylic acids is 1. The summed E-state index contributed by atoms with van der Waals surface area (Å²) in [5.41, 5.74) is 5.13. The third-order valence-electron chi connectivity index (χ3n) is 4.76. The van der Waals surface area contributed by atoms with Gasteiger partial charge in [0.15, 0.2) is 11.6 Å². The molecule has 5 nitrogen and oxygen atoms in total. The maximum atomic E-state index is 14.4. The van der Waals surface area contributed by atoms with Crippen LogP contribution in [-0.2, 0) is 4.74 Å². The quantitative estimate of drug-likeness (QED) is 0.838. The summed E-state index contributed by atoms with van der Waals surface area (Å²) < 4.78 is 47.6. The third kappa shape index (κ3) is 3.50. The predicted octanol–water partition coefficient (Wildman–Crippen LogP) is 2.96. The Balaban J connectivity index is 1.93. The van der Waals surface area contributed by atoms with Gasteiger partial charge < -0.3 is 20.7 Å². The van der Waals surface area contributed by atoms with Gasteiger partial charge in [-0.25, -0.2) is 13.2 Å². The number of hydrogen-bond acceptors (Lipinski definition) is 4. The first-order chi connectivity index (χ1) is 12.8.